The van der Waals surface area contributed by atoms with Crippen LogP contribution in [0.1, 0.15) is 29.6 Å². The fraction of sp³-hybridized carbons (Fsp3) is 0.278. The highest BCUT2D eigenvalue weighted by atomic mass is 127. The van der Waals surface area contributed by atoms with Crippen LogP contribution in [0.3, 0.4) is 0 Å². The second-order valence-corrected chi connectivity index (χ2v) is 7.44. The van der Waals surface area contributed by atoms with Gasteiger partial charge < -0.3 is 10.4 Å². The van der Waals surface area contributed by atoms with E-state index in [-0.39, 0.29) is 23.5 Å². The molecule has 26 heavy (non-hydrogen) atoms. The van der Waals surface area contributed by atoms with Crippen LogP contribution in [0.2, 0.25) is 0 Å². The van der Waals surface area contributed by atoms with Crippen molar-refractivity contribution in [1.82, 2.24) is 5.48 Å². The molecule has 1 aliphatic carbocycles. The summed E-state index contributed by atoms with van der Waals surface area (Å²) < 4.78 is 28.3. The largest absolute Gasteiger partial charge is 0.390 e. The predicted octanol–water partition coefficient (Wildman–Crippen LogP) is 3.89. The molecule has 1 amide bonds. The lowest BCUT2D eigenvalue weighted by atomic mass is 10.1. The van der Waals surface area contributed by atoms with Gasteiger partial charge in [0.25, 0.3) is 5.91 Å². The van der Waals surface area contributed by atoms with E-state index in [0.717, 1.165) is 25.0 Å². The Morgan fingerprint density at radius 3 is 2.65 bits per heavy atom. The molecule has 0 unspecified atom stereocenters. The van der Waals surface area contributed by atoms with E-state index in [1.54, 1.807) is 6.07 Å². The van der Waals surface area contributed by atoms with Crippen LogP contribution >= 0.6 is 22.6 Å². The topological polar surface area (TPSA) is 70.6 Å². The maximum Gasteiger partial charge on any atom is 0.276 e. The lowest BCUT2D eigenvalue weighted by Crippen LogP contribution is -2.26. The molecule has 138 valence electrons. The quantitative estimate of drug-likeness (QED) is 0.324. The molecule has 8 heteroatoms. The van der Waals surface area contributed by atoms with Gasteiger partial charge in [0.2, 0.25) is 0 Å². The number of benzene rings is 2. The van der Waals surface area contributed by atoms with E-state index in [9.17, 15) is 18.7 Å². The molecule has 0 aromatic heterocycles. The summed E-state index contributed by atoms with van der Waals surface area (Å²) in [4.78, 5) is 17.4. The van der Waals surface area contributed by atoms with Crippen molar-refractivity contribution in [2.75, 3.05) is 11.9 Å². The van der Waals surface area contributed by atoms with Gasteiger partial charge in [0, 0.05) is 9.99 Å². The zero-order chi connectivity index (χ0) is 18.7. The fourth-order valence-corrected chi connectivity index (χ4v) is 2.81. The minimum atomic E-state index is -0.671. The maximum absolute atomic E-state index is 14.0. The number of carbonyl (C=O) groups is 1. The van der Waals surface area contributed by atoms with Crippen LogP contribution in [-0.2, 0) is 4.84 Å². The van der Waals surface area contributed by atoms with Gasteiger partial charge in [-0.1, -0.05) is 0 Å². The standard InChI is InChI=1S/C18H17F2IN2O3/c19-11-1-3-13(17(24)23-26-8-7-18(25)5-6-18)16(9-11)22-15-4-2-12(21)10-14(15)20/h1-4,9-10,22,25H,5-8H2,(H,23,24). The van der Waals surface area contributed by atoms with Crippen molar-refractivity contribution in [3.8, 4) is 0 Å². The zero-order valence-electron chi connectivity index (χ0n) is 13.7. The number of hydroxylamine groups is 1. The molecule has 3 rings (SSSR count). The first-order valence-corrected chi connectivity index (χ1v) is 9.10. The molecule has 0 atom stereocenters. The molecular formula is C18H17F2IN2O3. The van der Waals surface area contributed by atoms with E-state index < -0.39 is 23.1 Å². The van der Waals surface area contributed by atoms with E-state index >= 15 is 0 Å². The van der Waals surface area contributed by atoms with E-state index in [2.05, 4.69) is 10.8 Å². The molecule has 0 spiro atoms. The Morgan fingerprint density at radius 1 is 1.19 bits per heavy atom. The number of anilines is 2. The molecule has 0 saturated heterocycles. The Morgan fingerprint density at radius 2 is 1.96 bits per heavy atom. The number of nitrogens with one attached hydrogen (secondary N) is 2. The number of rotatable bonds is 7. The number of aliphatic hydroxyl groups is 1. The molecule has 2 aromatic carbocycles. The summed E-state index contributed by atoms with van der Waals surface area (Å²) in [7, 11) is 0. The first-order chi connectivity index (χ1) is 12.4. The minimum absolute atomic E-state index is 0.106. The monoisotopic (exact) mass is 474 g/mol. The van der Waals surface area contributed by atoms with Crippen LogP contribution < -0.4 is 10.8 Å². The first-order valence-electron chi connectivity index (χ1n) is 8.02. The lowest BCUT2D eigenvalue weighted by molar-refractivity contribution is 0.0120. The van der Waals surface area contributed by atoms with Gasteiger partial charge in [0.1, 0.15) is 11.6 Å². The van der Waals surface area contributed by atoms with Crippen molar-refractivity contribution in [3.63, 3.8) is 0 Å². The molecule has 1 saturated carbocycles. The van der Waals surface area contributed by atoms with Crippen molar-refractivity contribution in [2.45, 2.75) is 24.9 Å². The van der Waals surface area contributed by atoms with E-state index in [0.29, 0.717) is 9.99 Å². The van der Waals surface area contributed by atoms with Crippen LogP contribution in [0.25, 0.3) is 0 Å². The summed E-state index contributed by atoms with van der Waals surface area (Å²) in [5, 5.41) is 12.5. The number of hydrogen-bond donors (Lipinski definition) is 3. The van der Waals surface area contributed by atoms with Gasteiger partial charge >= 0.3 is 0 Å². The third-order valence-corrected chi connectivity index (χ3v) is 4.76. The third-order valence-electron chi connectivity index (χ3n) is 4.09. The summed E-state index contributed by atoms with van der Waals surface area (Å²) >= 11 is 1.98. The van der Waals surface area contributed by atoms with Crippen LogP contribution in [0, 0.1) is 15.2 Å². The van der Waals surface area contributed by atoms with Gasteiger partial charge in [-0.3, -0.25) is 9.63 Å². The first kappa shape index (κ1) is 19.0. The molecule has 1 fully saturated rings. The Labute approximate surface area is 162 Å². The van der Waals surface area contributed by atoms with Gasteiger partial charge in [0.05, 0.1) is 29.1 Å². The average Bonchev–Trinajstić information content (AvgIpc) is 3.32. The van der Waals surface area contributed by atoms with Crippen molar-refractivity contribution in [3.05, 3.63) is 57.2 Å². The lowest BCUT2D eigenvalue weighted by Gasteiger charge is -2.14. The van der Waals surface area contributed by atoms with Gasteiger partial charge in [-0.05, 0) is 71.8 Å². The second-order valence-electron chi connectivity index (χ2n) is 6.19. The van der Waals surface area contributed by atoms with Gasteiger partial charge in [-0.25, -0.2) is 14.3 Å². The molecular weight excluding hydrogens is 457 g/mol. The van der Waals surface area contributed by atoms with Crippen LogP contribution in [0.4, 0.5) is 20.2 Å². The van der Waals surface area contributed by atoms with Crippen molar-refractivity contribution in [2.24, 2.45) is 0 Å². The molecule has 0 bridgehead atoms. The fourth-order valence-electron chi connectivity index (χ4n) is 2.36. The minimum Gasteiger partial charge on any atom is -0.390 e. The van der Waals surface area contributed by atoms with E-state index in [1.165, 1.54) is 18.2 Å². The van der Waals surface area contributed by atoms with E-state index in [4.69, 9.17) is 4.84 Å². The zero-order valence-corrected chi connectivity index (χ0v) is 15.8. The molecule has 0 aliphatic heterocycles. The normalized spacial score (nSPS) is 14.8. The van der Waals surface area contributed by atoms with Crippen molar-refractivity contribution >= 4 is 39.9 Å². The molecule has 3 N–H and O–H groups in total. The summed E-state index contributed by atoms with van der Waals surface area (Å²) in [6.07, 6.45) is 1.89. The van der Waals surface area contributed by atoms with Gasteiger partial charge in [0.15, 0.2) is 0 Å². The van der Waals surface area contributed by atoms with Gasteiger partial charge in [-0.2, -0.15) is 0 Å². The smallest absolute Gasteiger partial charge is 0.276 e. The average molecular weight is 474 g/mol. The maximum atomic E-state index is 14.0. The third kappa shape index (κ3) is 4.89. The summed E-state index contributed by atoms with van der Waals surface area (Å²) in [6, 6.07) is 8.06. The molecule has 1 aliphatic rings. The highest BCUT2D eigenvalue weighted by Crippen LogP contribution is 2.38. The number of amides is 1. The highest BCUT2D eigenvalue weighted by Gasteiger charge is 2.39. The molecule has 0 radical (unpaired) electrons. The van der Waals surface area contributed by atoms with Crippen LogP contribution in [0.5, 0.6) is 0 Å². The summed E-state index contributed by atoms with van der Waals surface area (Å²) in [5.41, 5.74) is 1.94. The summed E-state index contributed by atoms with van der Waals surface area (Å²) in [6.45, 7) is 0.165. The molecule has 5 nitrogen and oxygen atoms in total. The van der Waals surface area contributed by atoms with Crippen LogP contribution in [-0.4, -0.2) is 23.2 Å². The summed E-state index contributed by atoms with van der Waals surface area (Å²) in [5.74, 6) is -1.67. The Balaban J connectivity index is 1.69. The van der Waals surface area contributed by atoms with Gasteiger partial charge in [-0.15, -0.1) is 0 Å². The Bertz CT molecular complexity index is 828. The highest BCUT2D eigenvalue weighted by molar-refractivity contribution is 14.1. The molecule has 0 heterocycles. The van der Waals surface area contributed by atoms with E-state index in [1.807, 2.05) is 22.6 Å². The van der Waals surface area contributed by atoms with Crippen molar-refractivity contribution < 1.29 is 23.5 Å². The predicted molar refractivity (Wildman–Crippen MR) is 101 cm³/mol. The second kappa shape index (κ2) is 7.85. The Kier molecular flexibility index (Phi) is 5.73. The number of carbonyl (C=O) groups excluding carboxylic acids is 1. The number of halogens is 3. The van der Waals surface area contributed by atoms with Crippen molar-refractivity contribution in [1.29, 1.82) is 0 Å². The van der Waals surface area contributed by atoms with Crippen LogP contribution in [0.15, 0.2) is 36.4 Å². The molecule has 2 aromatic rings. The SMILES string of the molecule is O=C(NOCCC1(O)CC1)c1ccc(F)cc1Nc1ccc(I)cc1F. The Hall–Kier alpha value is -1.78. The number of hydrogen-bond acceptors (Lipinski definition) is 4.